The number of ether oxygens (including phenoxy) is 1. The van der Waals surface area contributed by atoms with Crippen LogP contribution < -0.4 is 0 Å². The molecule has 0 amide bonds. The molecule has 0 aromatic carbocycles. The predicted octanol–water partition coefficient (Wildman–Crippen LogP) is 2.32. The van der Waals surface area contributed by atoms with Crippen molar-refractivity contribution in [2.24, 2.45) is 17.8 Å². The zero-order chi connectivity index (χ0) is 9.97. The Labute approximate surface area is 84.6 Å². The normalized spacial score (nSPS) is 34.2. The summed E-state index contributed by atoms with van der Waals surface area (Å²) in [6, 6.07) is 0. The standard InChI is InChI=1S/C12H16O2/c1-2-14-12(13)11-8-9-5-3-4-6-10(11)7-9/h3-6,9-11H,2,7-8H2,1H3/t9-,10+,11+/m1/s1. The molecular formula is C12H16O2. The highest BCUT2D eigenvalue weighted by Crippen LogP contribution is 2.40. The van der Waals surface area contributed by atoms with Crippen LogP contribution in [0.4, 0.5) is 0 Å². The Bertz CT molecular complexity index is 278. The molecule has 0 saturated heterocycles. The van der Waals surface area contributed by atoms with Crippen LogP contribution in [0.5, 0.6) is 0 Å². The minimum absolute atomic E-state index is 0.0139. The summed E-state index contributed by atoms with van der Waals surface area (Å²) < 4.78 is 5.08. The summed E-state index contributed by atoms with van der Waals surface area (Å²) in [6.07, 6.45) is 10.6. The largest absolute Gasteiger partial charge is 0.466 e. The molecule has 0 aromatic heterocycles. The SMILES string of the molecule is CCOC(=O)[C@H]1C[C@@H]2C=CC=C[C@H]1C2. The van der Waals surface area contributed by atoms with E-state index in [-0.39, 0.29) is 11.9 Å². The summed E-state index contributed by atoms with van der Waals surface area (Å²) in [7, 11) is 0. The van der Waals surface area contributed by atoms with Gasteiger partial charge in [-0.3, -0.25) is 4.79 Å². The van der Waals surface area contributed by atoms with Gasteiger partial charge in [-0.15, -0.1) is 0 Å². The van der Waals surface area contributed by atoms with Crippen LogP contribution in [0.2, 0.25) is 0 Å². The maximum atomic E-state index is 11.6. The number of rotatable bonds is 2. The summed E-state index contributed by atoms with van der Waals surface area (Å²) >= 11 is 0. The lowest BCUT2D eigenvalue weighted by Gasteiger charge is -2.14. The van der Waals surface area contributed by atoms with Gasteiger partial charge in [0.25, 0.3) is 0 Å². The first kappa shape index (κ1) is 9.50. The van der Waals surface area contributed by atoms with E-state index in [2.05, 4.69) is 24.3 Å². The van der Waals surface area contributed by atoms with Crippen LogP contribution in [0.3, 0.4) is 0 Å². The molecule has 0 aliphatic heterocycles. The van der Waals surface area contributed by atoms with Crippen molar-refractivity contribution in [3.8, 4) is 0 Å². The lowest BCUT2D eigenvalue weighted by atomic mass is 9.95. The first-order valence-electron chi connectivity index (χ1n) is 5.33. The zero-order valence-electron chi connectivity index (χ0n) is 8.48. The molecule has 0 N–H and O–H groups in total. The maximum Gasteiger partial charge on any atom is 0.309 e. The Balaban J connectivity index is 2.06. The minimum atomic E-state index is -0.0139. The van der Waals surface area contributed by atoms with Gasteiger partial charge in [0.15, 0.2) is 0 Å². The Kier molecular flexibility index (Phi) is 2.71. The van der Waals surface area contributed by atoms with Gasteiger partial charge in [0.05, 0.1) is 12.5 Å². The van der Waals surface area contributed by atoms with Gasteiger partial charge in [-0.05, 0) is 31.6 Å². The molecule has 76 valence electrons. The molecule has 0 radical (unpaired) electrons. The van der Waals surface area contributed by atoms with E-state index in [4.69, 9.17) is 4.74 Å². The fourth-order valence-corrected chi connectivity index (χ4v) is 2.43. The number of carbonyl (C=O) groups excluding carboxylic acids is 1. The van der Waals surface area contributed by atoms with Gasteiger partial charge in [0, 0.05) is 0 Å². The molecule has 14 heavy (non-hydrogen) atoms. The Morgan fingerprint density at radius 1 is 1.36 bits per heavy atom. The number of fused-ring (bicyclic) bond motifs is 2. The highest BCUT2D eigenvalue weighted by molar-refractivity contribution is 5.73. The second-order valence-corrected chi connectivity index (χ2v) is 4.02. The molecule has 1 fully saturated rings. The molecular weight excluding hydrogens is 176 g/mol. The molecule has 0 spiro atoms. The topological polar surface area (TPSA) is 26.3 Å². The van der Waals surface area contributed by atoms with Crippen molar-refractivity contribution in [2.75, 3.05) is 6.61 Å². The number of carbonyl (C=O) groups is 1. The third-order valence-corrected chi connectivity index (χ3v) is 3.09. The number of allylic oxidation sites excluding steroid dienone is 4. The van der Waals surface area contributed by atoms with Crippen molar-refractivity contribution in [3.05, 3.63) is 24.3 Å². The van der Waals surface area contributed by atoms with Crippen LogP contribution in [0, 0.1) is 17.8 Å². The Morgan fingerprint density at radius 2 is 2.14 bits per heavy atom. The van der Waals surface area contributed by atoms with Crippen molar-refractivity contribution in [1.29, 1.82) is 0 Å². The molecule has 0 heterocycles. The van der Waals surface area contributed by atoms with E-state index in [1.54, 1.807) is 0 Å². The molecule has 0 unspecified atom stereocenters. The molecule has 2 aliphatic carbocycles. The molecule has 2 aliphatic rings. The summed E-state index contributed by atoms with van der Waals surface area (Å²) in [4.78, 5) is 11.6. The van der Waals surface area contributed by atoms with Crippen LogP contribution in [0.1, 0.15) is 19.8 Å². The first-order chi connectivity index (χ1) is 6.81. The fourth-order valence-electron chi connectivity index (χ4n) is 2.43. The zero-order valence-corrected chi connectivity index (χ0v) is 8.48. The van der Waals surface area contributed by atoms with Gasteiger partial charge in [0.1, 0.15) is 0 Å². The molecule has 2 bridgehead atoms. The van der Waals surface area contributed by atoms with Crippen molar-refractivity contribution < 1.29 is 9.53 Å². The average Bonchev–Trinajstić information content (AvgIpc) is 2.38. The quantitative estimate of drug-likeness (QED) is 0.628. The molecule has 2 heteroatoms. The first-order valence-corrected chi connectivity index (χ1v) is 5.33. The van der Waals surface area contributed by atoms with Gasteiger partial charge in [-0.25, -0.2) is 0 Å². The van der Waals surface area contributed by atoms with Crippen LogP contribution in [-0.4, -0.2) is 12.6 Å². The van der Waals surface area contributed by atoms with Gasteiger partial charge in [-0.2, -0.15) is 0 Å². The van der Waals surface area contributed by atoms with E-state index in [9.17, 15) is 4.79 Å². The van der Waals surface area contributed by atoms with Gasteiger partial charge in [0.2, 0.25) is 0 Å². The number of hydrogen-bond donors (Lipinski definition) is 0. The number of hydrogen-bond acceptors (Lipinski definition) is 2. The minimum Gasteiger partial charge on any atom is -0.466 e. The van der Waals surface area contributed by atoms with Gasteiger partial charge >= 0.3 is 5.97 Å². The lowest BCUT2D eigenvalue weighted by Crippen LogP contribution is -2.20. The second kappa shape index (κ2) is 3.99. The van der Waals surface area contributed by atoms with E-state index < -0.39 is 0 Å². The van der Waals surface area contributed by atoms with Crippen LogP contribution in [-0.2, 0) is 9.53 Å². The van der Waals surface area contributed by atoms with Crippen molar-refractivity contribution in [1.82, 2.24) is 0 Å². The molecule has 2 rings (SSSR count). The molecule has 0 aromatic rings. The third kappa shape index (κ3) is 1.74. The molecule has 2 nitrogen and oxygen atoms in total. The molecule has 3 atom stereocenters. The Morgan fingerprint density at radius 3 is 2.93 bits per heavy atom. The highest BCUT2D eigenvalue weighted by atomic mass is 16.5. The average molecular weight is 192 g/mol. The summed E-state index contributed by atoms with van der Waals surface area (Å²) in [5, 5.41) is 0. The monoisotopic (exact) mass is 192 g/mol. The van der Waals surface area contributed by atoms with E-state index >= 15 is 0 Å². The van der Waals surface area contributed by atoms with E-state index in [0.717, 1.165) is 12.8 Å². The van der Waals surface area contributed by atoms with Crippen LogP contribution in [0.25, 0.3) is 0 Å². The van der Waals surface area contributed by atoms with Crippen molar-refractivity contribution >= 4 is 5.97 Å². The Hall–Kier alpha value is -1.05. The van der Waals surface area contributed by atoms with E-state index in [1.807, 2.05) is 6.92 Å². The van der Waals surface area contributed by atoms with E-state index in [1.165, 1.54) is 0 Å². The van der Waals surface area contributed by atoms with Gasteiger partial charge < -0.3 is 4.74 Å². The van der Waals surface area contributed by atoms with Crippen molar-refractivity contribution in [2.45, 2.75) is 19.8 Å². The summed E-state index contributed by atoms with van der Waals surface area (Å²) in [6.45, 7) is 2.35. The third-order valence-electron chi connectivity index (χ3n) is 3.09. The second-order valence-electron chi connectivity index (χ2n) is 4.02. The summed E-state index contributed by atoms with van der Waals surface area (Å²) in [5.41, 5.74) is 0. The van der Waals surface area contributed by atoms with E-state index in [0.29, 0.717) is 18.4 Å². The fraction of sp³-hybridized carbons (Fsp3) is 0.583. The summed E-state index contributed by atoms with van der Waals surface area (Å²) in [5.74, 6) is 1.06. The smallest absolute Gasteiger partial charge is 0.309 e. The predicted molar refractivity (Wildman–Crippen MR) is 54.6 cm³/mol. The van der Waals surface area contributed by atoms with Gasteiger partial charge in [-0.1, -0.05) is 24.3 Å². The maximum absolute atomic E-state index is 11.6. The highest BCUT2D eigenvalue weighted by Gasteiger charge is 2.37. The van der Waals surface area contributed by atoms with Crippen molar-refractivity contribution in [3.63, 3.8) is 0 Å². The number of esters is 1. The van der Waals surface area contributed by atoms with Crippen LogP contribution >= 0.6 is 0 Å². The van der Waals surface area contributed by atoms with Crippen LogP contribution in [0.15, 0.2) is 24.3 Å². The lowest BCUT2D eigenvalue weighted by molar-refractivity contribution is -0.148. The molecule has 1 saturated carbocycles.